The molecule has 1 N–H and O–H groups in total. The quantitative estimate of drug-likeness (QED) is 0.381. The zero-order valence-electron chi connectivity index (χ0n) is 21.8. The Morgan fingerprint density at radius 3 is 2.46 bits per heavy atom. The van der Waals surface area contributed by atoms with Gasteiger partial charge in [-0.1, -0.05) is 61.8 Å². The van der Waals surface area contributed by atoms with Crippen molar-refractivity contribution in [1.82, 2.24) is 14.9 Å². The largest absolute Gasteiger partial charge is 0.297 e. The number of imide groups is 1. The fourth-order valence-corrected chi connectivity index (χ4v) is 7.17. The molecule has 39 heavy (non-hydrogen) atoms. The maximum Gasteiger partial charge on any atom is 0.266 e. The first-order valence-corrected chi connectivity index (χ1v) is 13.7. The van der Waals surface area contributed by atoms with E-state index in [1.54, 1.807) is 28.8 Å². The first-order valence-electron chi connectivity index (χ1n) is 13.3. The third kappa shape index (κ3) is 3.08. The van der Waals surface area contributed by atoms with Gasteiger partial charge in [-0.3, -0.25) is 24.3 Å². The number of hydrogen-bond acceptors (Lipinski definition) is 5. The third-order valence-electron chi connectivity index (χ3n) is 8.57. The summed E-state index contributed by atoms with van der Waals surface area (Å²) >= 11 is 6.42. The van der Waals surface area contributed by atoms with Gasteiger partial charge in [0.05, 0.1) is 34.1 Å². The molecule has 4 aromatic rings. The summed E-state index contributed by atoms with van der Waals surface area (Å²) in [4.78, 5) is 49.0. The minimum Gasteiger partial charge on any atom is -0.297 e. The summed E-state index contributed by atoms with van der Waals surface area (Å²) in [5.74, 6) is -1.23. The van der Waals surface area contributed by atoms with Gasteiger partial charge in [0.25, 0.3) is 5.56 Å². The van der Waals surface area contributed by atoms with Crippen molar-refractivity contribution >= 4 is 40.0 Å². The van der Waals surface area contributed by atoms with Gasteiger partial charge in [0.1, 0.15) is 11.4 Å². The van der Waals surface area contributed by atoms with E-state index in [-0.39, 0.29) is 29.3 Å². The van der Waals surface area contributed by atoms with E-state index in [0.717, 1.165) is 5.56 Å². The topological polar surface area (TPSA) is 84.3 Å². The fraction of sp³-hybridized carbons (Fsp3) is 0.290. The molecule has 3 aliphatic heterocycles. The summed E-state index contributed by atoms with van der Waals surface area (Å²) in [6.07, 6.45) is 0.685. The van der Waals surface area contributed by atoms with E-state index in [4.69, 9.17) is 16.6 Å². The van der Waals surface area contributed by atoms with E-state index in [1.165, 1.54) is 4.90 Å². The lowest BCUT2D eigenvalue weighted by atomic mass is 9.75. The van der Waals surface area contributed by atoms with Crippen LogP contribution in [0.5, 0.6) is 0 Å². The van der Waals surface area contributed by atoms with Crippen LogP contribution in [0.3, 0.4) is 0 Å². The van der Waals surface area contributed by atoms with E-state index in [9.17, 15) is 14.4 Å². The summed E-state index contributed by atoms with van der Waals surface area (Å²) in [6.45, 7) is 6.03. The minimum absolute atomic E-state index is 0.190. The highest BCUT2D eigenvalue weighted by atomic mass is 35.5. The normalized spacial score (nSPS) is 25.2. The number of nitrogens with zero attached hydrogens (tertiary/aromatic N) is 3. The SMILES string of the molecule is Cc1c(Cl)cccc1N1C(=O)[C@H]2[C@@H](CC(C)C)N[C@]3(c4ccccc4-n4c3nc3ccccc3c4=O)[C@H]2C1=O. The van der Waals surface area contributed by atoms with Crippen LogP contribution in [0.2, 0.25) is 5.02 Å². The van der Waals surface area contributed by atoms with Gasteiger partial charge in [-0.05, 0) is 55.2 Å². The van der Waals surface area contributed by atoms with Gasteiger partial charge in [-0.2, -0.15) is 0 Å². The number of para-hydroxylation sites is 2. The lowest BCUT2D eigenvalue weighted by Crippen LogP contribution is -2.50. The van der Waals surface area contributed by atoms with Crippen molar-refractivity contribution < 1.29 is 9.59 Å². The second-order valence-electron chi connectivity index (χ2n) is 11.2. The van der Waals surface area contributed by atoms with Crippen molar-refractivity contribution in [2.24, 2.45) is 17.8 Å². The molecule has 0 radical (unpaired) electrons. The van der Waals surface area contributed by atoms with Crippen molar-refractivity contribution in [2.75, 3.05) is 4.90 Å². The van der Waals surface area contributed by atoms with Gasteiger partial charge in [0.15, 0.2) is 0 Å². The third-order valence-corrected chi connectivity index (χ3v) is 8.98. The molecule has 1 spiro atoms. The Balaban J connectivity index is 1.53. The number of fused-ring (bicyclic) bond motifs is 8. The summed E-state index contributed by atoms with van der Waals surface area (Å²) in [6, 6.07) is 19.9. The molecule has 2 saturated heterocycles. The van der Waals surface area contributed by atoms with E-state index in [1.807, 2.05) is 49.4 Å². The molecular formula is C31H27ClN4O3. The Morgan fingerprint density at radius 2 is 1.67 bits per heavy atom. The predicted molar refractivity (Wildman–Crippen MR) is 150 cm³/mol. The summed E-state index contributed by atoms with van der Waals surface area (Å²) in [5, 5.41) is 4.75. The van der Waals surface area contributed by atoms with Gasteiger partial charge >= 0.3 is 0 Å². The fourth-order valence-electron chi connectivity index (χ4n) is 7.01. The van der Waals surface area contributed by atoms with Crippen molar-refractivity contribution in [1.29, 1.82) is 0 Å². The number of amides is 2. The highest BCUT2D eigenvalue weighted by Gasteiger charge is 2.69. The number of hydrogen-bond donors (Lipinski definition) is 1. The lowest BCUT2D eigenvalue weighted by molar-refractivity contribution is -0.123. The smallest absolute Gasteiger partial charge is 0.266 e. The van der Waals surface area contributed by atoms with Crippen LogP contribution >= 0.6 is 11.6 Å². The molecule has 3 aliphatic rings. The monoisotopic (exact) mass is 538 g/mol. The summed E-state index contributed by atoms with van der Waals surface area (Å²) < 4.78 is 1.63. The number of nitrogens with one attached hydrogen (secondary N) is 1. The molecule has 3 aromatic carbocycles. The second-order valence-corrected chi connectivity index (χ2v) is 11.6. The summed E-state index contributed by atoms with van der Waals surface area (Å²) in [7, 11) is 0. The number of anilines is 1. The van der Waals surface area contributed by atoms with Crippen molar-refractivity contribution in [3.05, 3.63) is 99.1 Å². The number of carbonyl (C=O) groups excluding carboxylic acids is 2. The molecule has 0 unspecified atom stereocenters. The molecule has 4 heterocycles. The first-order chi connectivity index (χ1) is 18.8. The van der Waals surface area contributed by atoms with Gasteiger partial charge in [0, 0.05) is 16.6 Å². The molecule has 7 rings (SSSR count). The Hall–Kier alpha value is -3.81. The summed E-state index contributed by atoms with van der Waals surface area (Å²) in [5.41, 5.74) is 1.88. The Morgan fingerprint density at radius 1 is 0.949 bits per heavy atom. The zero-order chi connectivity index (χ0) is 27.2. The molecule has 196 valence electrons. The maximum atomic E-state index is 14.5. The van der Waals surface area contributed by atoms with Gasteiger partial charge < -0.3 is 0 Å². The standard InChI is InChI=1S/C31H27ClN4O3/c1-16(2)15-22-25-26(29(39)35(28(25)38)23-14-8-11-20(32)17(23)3)31(34-22)19-10-5-7-13-24(19)36-27(37)18-9-4-6-12-21(18)33-30(31)36/h4-14,16,22,25-26,34H,15H2,1-3H3/t22-,25+,26-,31-/m1/s1. The predicted octanol–water partition coefficient (Wildman–Crippen LogP) is 4.73. The number of benzene rings is 3. The highest BCUT2D eigenvalue weighted by Crippen LogP contribution is 2.56. The van der Waals surface area contributed by atoms with Crippen LogP contribution < -0.4 is 15.8 Å². The molecule has 2 fully saturated rings. The van der Waals surface area contributed by atoms with Crippen LogP contribution in [0.1, 0.15) is 37.2 Å². The van der Waals surface area contributed by atoms with Crippen LogP contribution in [0.4, 0.5) is 5.69 Å². The van der Waals surface area contributed by atoms with Gasteiger partial charge in [0.2, 0.25) is 11.8 Å². The zero-order valence-corrected chi connectivity index (χ0v) is 22.6. The van der Waals surface area contributed by atoms with Crippen molar-refractivity contribution in [2.45, 2.75) is 38.8 Å². The minimum atomic E-state index is -1.14. The molecule has 1 aromatic heterocycles. The average Bonchev–Trinajstić information content (AvgIpc) is 3.49. The van der Waals surface area contributed by atoms with Gasteiger partial charge in [-0.15, -0.1) is 0 Å². The number of halogens is 1. The van der Waals surface area contributed by atoms with E-state index >= 15 is 0 Å². The number of carbonyl (C=O) groups is 2. The molecule has 0 saturated carbocycles. The van der Waals surface area contributed by atoms with Crippen LogP contribution in [-0.4, -0.2) is 27.4 Å². The molecule has 7 nitrogen and oxygen atoms in total. The first kappa shape index (κ1) is 24.2. The molecule has 0 bridgehead atoms. The number of aromatic nitrogens is 2. The highest BCUT2D eigenvalue weighted by molar-refractivity contribution is 6.32. The van der Waals surface area contributed by atoms with Crippen LogP contribution in [0.25, 0.3) is 16.6 Å². The van der Waals surface area contributed by atoms with Gasteiger partial charge in [-0.25, -0.2) is 9.88 Å². The molecule has 2 amide bonds. The van der Waals surface area contributed by atoms with E-state index in [2.05, 4.69) is 19.2 Å². The van der Waals surface area contributed by atoms with Crippen LogP contribution in [0, 0.1) is 24.7 Å². The van der Waals surface area contributed by atoms with Crippen LogP contribution in [0.15, 0.2) is 71.5 Å². The molecule has 0 aliphatic carbocycles. The van der Waals surface area contributed by atoms with Crippen molar-refractivity contribution in [3.63, 3.8) is 0 Å². The van der Waals surface area contributed by atoms with Crippen molar-refractivity contribution in [3.8, 4) is 5.69 Å². The number of rotatable bonds is 3. The molecule has 4 atom stereocenters. The maximum absolute atomic E-state index is 14.5. The van der Waals surface area contributed by atoms with E-state index < -0.39 is 17.4 Å². The Bertz CT molecular complexity index is 1780. The average molecular weight is 539 g/mol. The van der Waals surface area contributed by atoms with E-state index in [0.29, 0.717) is 45.1 Å². The Kier molecular flexibility index (Phi) is 5.19. The lowest BCUT2D eigenvalue weighted by Gasteiger charge is -2.32. The molecule has 8 heteroatoms. The Labute approximate surface area is 230 Å². The van der Waals surface area contributed by atoms with Crippen LogP contribution in [-0.2, 0) is 15.1 Å². The molecular weight excluding hydrogens is 512 g/mol. The second kappa shape index (κ2) is 8.34.